The number of alkyl halides is 1. The number of benzene rings is 2. The minimum Gasteiger partial charge on any atom is -0.445 e. The Kier molecular flexibility index (Phi) is 11.8. The number of nitrogens with one attached hydrogen (secondary N) is 3. The highest BCUT2D eigenvalue weighted by molar-refractivity contribution is 6.28. The van der Waals surface area contributed by atoms with E-state index in [0.29, 0.717) is 6.42 Å². The largest absolute Gasteiger partial charge is 0.445 e. The van der Waals surface area contributed by atoms with Crippen molar-refractivity contribution in [2.24, 2.45) is 5.92 Å². The molecule has 3 N–H and O–H groups in total. The second kappa shape index (κ2) is 14.8. The van der Waals surface area contributed by atoms with Gasteiger partial charge in [-0.2, -0.15) is 0 Å². The summed E-state index contributed by atoms with van der Waals surface area (Å²) < 4.78 is 5.08. The molecule has 2 atom stereocenters. The number of carbonyl (C=O) groups is 4. The van der Waals surface area contributed by atoms with Crippen molar-refractivity contribution in [3.63, 3.8) is 0 Å². The fourth-order valence-corrected chi connectivity index (χ4v) is 3.52. The molecule has 0 fully saturated rings. The predicted octanol–water partition coefficient (Wildman–Crippen LogP) is 2.98. The molecule has 3 amide bonds. The topological polar surface area (TPSA) is 114 Å². The van der Waals surface area contributed by atoms with Crippen molar-refractivity contribution < 1.29 is 23.9 Å². The third-order valence-corrected chi connectivity index (χ3v) is 5.35. The van der Waals surface area contributed by atoms with E-state index in [1.165, 1.54) is 0 Å². The Balaban J connectivity index is 1.92. The predicted molar refractivity (Wildman–Crippen MR) is 134 cm³/mol. The summed E-state index contributed by atoms with van der Waals surface area (Å²) in [5, 5.41) is 7.74. The molecular weight excluding hydrogens is 470 g/mol. The van der Waals surface area contributed by atoms with Gasteiger partial charge in [-0.1, -0.05) is 74.5 Å². The number of halogens is 1. The normalized spacial score (nSPS) is 12.3. The Morgan fingerprint density at radius 2 is 1.46 bits per heavy atom. The summed E-state index contributed by atoms with van der Waals surface area (Å²) >= 11 is 5.76. The van der Waals surface area contributed by atoms with E-state index in [0.717, 1.165) is 11.1 Å². The lowest BCUT2D eigenvalue weighted by Crippen LogP contribution is -2.54. The molecule has 0 saturated heterocycles. The number of amides is 3. The van der Waals surface area contributed by atoms with E-state index in [1.807, 2.05) is 74.5 Å². The lowest BCUT2D eigenvalue weighted by atomic mass is 10.00. The van der Waals surface area contributed by atoms with Gasteiger partial charge in [0, 0.05) is 0 Å². The van der Waals surface area contributed by atoms with Crippen LogP contribution < -0.4 is 16.0 Å². The van der Waals surface area contributed by atoms with Crippen molar-refractivity contribution >= 4 is 35.3 Å². The SMILES string of the molecule is CC(C)C[C@H](NC(=O)CNC(=O)OCc1ccccc1)C(=O)NC(Cc1ccccc1)C(=O)CCl. The van der Waals surface area contributed by atoms with Gasteiger partial charge < -0.3 is 20.7 Å². The Morgan fingerprint density at radius 3 is 2.03 bits per heavy atom. The molecule has 2 aromatic rings. The maximum absolute atomic E-state index is 13.0. The van der Waals surface area contributed by atoms with Crippen LogP contribution >= 0.6 is 11.6 Å². The molecule has 0 spiro atoms. The van der Waals surface area contributed by atoms with Gasteiger partial charge in [-0.05, 0) is 29.9 Å². The molecule has 1 unspecified atom stereocenters. The summed E-state index contributed by atoms with van der Waals surface area (Å²) in [5.74, 6) is -1.51. The van der Waals surface area contributed by atoms with Crippen molar-refractivity contribution in [1.29, 1.82) is 0 Å². The average Bonchev–Trinajstić information content (AvgIpc) is 2.85. The molecule has 0 bridgehead atoms. The van der Waals surface area contributed by atoms with Crippen LogP contribution in [0.5, 0.6) is 0 Å². The number of rotatable bonds is 13. The van der Waals surface area contributed by atoms with Crippen LogP contribution in [-0.2, 0) is 32.1 Å². The van der Waals surface area contributed by atoms with Gasteiger partial charge >= 0.3 is 6.09 Å². The summed E-state index contributed by atoms with van der Waals surface area (Å²) in [7, 11) is 0. The molecular formula is C26H32ClN3O5. The monoisotopic (exact) mass is 501 g/mol. The zero-order valence-electron chi connectivity index (χ0n) is 20.0. The summed E-state index contributed by atoms with van der Waals surface area (Å²) in [6.07, 6.45) is -0.108. The summed E-state index contributed by atoms with van der Waals surface area (Å²) in [4.78, 5) is 49.7. The highest BCUT2D eigenvalue weighted by Gasteiger charge is 2.27. The molecule has 188 valence electrons. The molecule has 0 aliphatic carbocycles. The highest BCUT2D eigenvalue weighted by atomic mass is 35.5. The van der Waals surface area contributed by atoms with Crippen molar-refractivity contribution in [2.75, 3.05) is 12.4 Å². The number of hydrogen-bond donors (Lipinski definition) is 3. The molecule has 9 heteroatoms. The van der Waals surface area contributed by atoms with E-state index >= 15 is 0 Å². The average molecular weight is 502 g/mol. The summed E-state index contributed by atoms with van der Waals surface area (Å²) in [6, 6.07) is 16.7. The van der Waals surface area contributed by atoms with Gasteiger partial charge in [0.2, 0.25) is 11.8 Å². The molecule has 2 rings (SSSR count). The lowest BCUT2D eigenvalue weighted by Gasteiger charge is -2.24. The van der Waals surface area contributed by atoms with E-state index < -0.39 is 30.0 Å². The number of Topliss-reactive ketones (excluding diaryl/α,β-unsaturated/α-hetero) is 1. The smallest absolute Gasteiger partial charge is 0.407 e. The second-order valence-corrected chi connectivity index (χ2v) is 8.78. The van der Waals surface area contributed by atoms with Crippen LogP contribution in [0, 0.1) is 5.92 Å². The van der Waals surface area contributed by atoms with Crippen LogP contribution in [0.15, 0.2) is 60.7 Å². The van der Waals surface area contributed by atoms with E-state index in [-0.39, 0.29) is 37.2 Å². The Hall–Kier alpha value is -3.39. The molecule has 8 nitrogen and oxygen atoms in total. The fourth-order valence-electron chi connectivity index (χ4n) is 3.34. The van der Waals surface area contributed by atoms with Crippen molar-refractivity contribution in [2.45, 2.75) is 45.4 Å². The molecule has 0 aliphatic heterocycles. The van der Waals surface area contributed by atoms with Gasteiger partial charge in [0.1, 0.15) is 19.2 Å². The van der Waals surface area contributed by atoms with Crippen LogP contribution in [0.1, 0.15) is 31.4 Å². The third kappa shape index (κ3) is 10.6. The van der Waals surface area contributed by atoms with E-state index in [1.54, 1.807) is 0 Å². The van der Waals surface area contributed by atoms with Crippen LogP contribution in [0.2, 0.25) is 0 Å². The maximum Gasteiger partial charge on any atom is 0.407 e. The van der Waals surface area contributed by atoms with Crippen LogP contribution in [0.25, 0.3) is 0 Å². The van der Waals surface area contributed by atoms with Gasteiger partial charge in [-0.3, -0.25) is 14.4 Å². The van der Waals surface area contributed by atoms with Gasteiger partial charge in [0.15, 0.2) is 5.78 Å². The molecule has 2 aromatic carbocycles. The first-order chi connectivity index (χ1) is 16.8. The minimum absolute atomic E-state index is 0.0735. The van der Waals surface area contributed by atoms with E-state index in [9.17, 15) is 19.2 Å². The number of carbonyl (C=O) groups excluding carboxylic acids is 4. The van der Waals surface area contributed by atoms with Gasteiger partial charge in [0.05, 0.1) is 11.9 Å². The lowest BCUT2D eigenvalue weighted by molar-refractivity contribution is -0.131. The number of hydrogen-bond acceptors (Lipinski definition) is 5. The first-order valence-corrected chi connectivity index (χ1v) is 12.0. The Bertz CT molecular complexity index is 969. The summed E-state index contributed by atoms with van der Waals surface area (Å²) in [6.45, 7) is 3.54. The number of alkyl carbamates (subject to hydrolysis) is 1. The number of ether oxygens (including phenoxy) is 1. The van der Waals surface area contributed by atoms with Crippen LogP contribution in [-0.4, -0.2) is 48.2 Å². The Morgan fingerprint density at radius 1 is 0.857 bits per heavy atom. The van der Waals surface area contributed by atoms with E-state index in [4.69, 9.17) is 16.3 Å². The molecule has 0 radical (unpaired) electrons. The van der Waals surface area contributed by atoms with Crippen LogP contribution in [0.4, 0.5) is 4.79 Å². The van der Waals surface area contributed by atoms with Gasteiger partial charge in [-0.15, -0.1) is 11.6 Å². The zero-order chi connectivity index (χ0) is 25.6. The van der Waals surface area contributed by atoms with Crippen molar-refractivity contribution in [3.8, 4) is 0 Å². The fraction of sp³-hybridized carbons (Fsp3) is 0.385. The molecule has 0 aliphatic rings. The Labute approximate surface area is 210 Å². The van der Waals surface area contributed by atoms with E-state index in [2.05, 4.69) is 16.0 Å². The van der Waals surface area contributed by atoms with Crippen molar-refractivity contribution in [3.05, 3.63) is 71.8 Å². The maximum atomic E-state index is 13.0. The zero-order valence-corrected chi connectivity index (χ0v) is 20.7. The first kappa shape index (κ1) is 27.9. The molecule has 0 aromatic heterocycles. The van der Waals surface area contributed by atoms with Gasteiger partial charge in [0.25, 0.3) is 0 Å². The molecule has 0 saturated carbocycles. The molecule has 35 heavy (non-hydrogen) atoms. The quantitative estimate of drug-likeness (QED) is 0.365. The first-order valence-electron chi connectivity index (χ1n) is 11.4. The minimum atomic E-state index is -0.883. The number of ketones is 1. The van der Waals surface area contributed by atoms with Gasteiger partial charge in [-0.25, -0.2) is 4.79 Å². The standard InChI is InChI=1S/C26H32ClN3O5/c1-18(2)13-22(25(33)30-21(23(31)15-27)14-19-9-5-3-6-10-19)29-24(32)16-28-26(34)35-17-20-11-7-4-8-12-20/h3-12,18,21-22H,13-17H2,1-2H3,(H,28,34)(H,29,32)(H,30,33)/t21?,22-/m0/s1. The van der Waals surface area contributed by atoms with Crippen molar-refractivity contribution in [1.82, 2.24) is 16.0 Å². The molecule has 0 heterocycles. The third-order valence-electron chi connectivity index (χ3n) is 5.08. The summed E-state index contributed by atoms with van der Waals surface area (Å²) in [5.41, 5.74) is 1.69. The highest BCUT2D eigenvalue weighted by Crippen LogP contribution is 2.09. The second-order valence-electron chi connectivity index (χ2n) is 8.52. The van der Waals surface area contributed by atoms with Crippen LogP contribution in [0.3, 0.4) is 0 Å².